The molecule has 1 saturated carbocycles. The molecule has 110 valence electrons. The molecule has 5 heteroatoms. The number of aliphatic carboxylic acids is 1. The molecule has 0 atom stereocenters. The molecule has 4 nitrogen and oxygen atoms in total. The van der Waals surface area contributed by atoms with E-state index in [0.717, 1.165) is 37.8 Å². The van der Waals surface area contributed by atoms with Gasteiger partial charge in [0.15, 0.2) is 0 Å². The van der Waals surface area contributed by atoms with Gasteiger partial charge in [0.25, 0.3) is 0 Å². The average molecular weight is 298 g/mol. The SMILES string of the molecule is O=C(O)C1CCC(CNCc2cc(Cl)ccc2O)CC1. The zero-order valence-electron chi connectivity index (χ0n) is 11.3. The van der Waals surface area contributed by atoms with E-state index in [2.05, 4.69) is 5.32 Å². The Kier molecular flexibility index (Phi) is 5.26. The maximum absolute atomic E-state index is 10.9. The Hall–Kier alpha value is -1.26. The number of hydrogen-bond donors (Lipinski definition) is 3. The molecule has 2 rings (SSSR count). The van der Waals surface area contributed by atoms with Crippen LogP contribution in [0.1, 0.15) is 31.2 Å². The predicted molar refractivity (Wildman–Crippen MR) is 77.9 cm³/mol. The Bertz CT molecular complexity index is 470. The summed E-state index contributed by atoms with van der Waals surface area (Å²) in [6, 6.07) is 5.01. The molecule has 0 radical (unpaired) electrons. The maximum atomic E-state index is 10.9. The standard InChI is InChI=1S/C15H20ClNO3/c16-13-5-6-14(18)12(7-13)9-17-8-10-1-3-11(4-2-10)15(19)20/h5-7,10-11,17-18H,1-4,8-9H2,(H,19,20). The molecule has 0 unspecified atom stereocenters. The molecule has 0 amide bonds. The number of carboxylic acids is 1. The van der Waals surface area contributed by atoms with Crippen LogP contribution in [0.5, 0.6) is 5.75 Å². The molecule has 1 fully saturated rings. The molecule has 1 aromatic rings. The van der Waals surface area contributed by atoms with Crippen molar-refractivity contribution in [2.45, 2.75) is 32.2 Å². The van der Waals surface area contributed by atoms with Gasteiger partial charge in [-0.2, -0.15) is 0 Å². The summed E-state index contributed by atoms with van der Waals surface area (Å²) in [6.45, 7) is 1.42. The molecule has 1 aliphatic carbocycles. The van der Waals surface area contributed by atoms with Crippen LogP contribution in [-0.2, 0) is 11.3 Å². The number of phenolic OH excluding ortho intramolecular Hbond substituents is 1. The molecule has 0 aliphatic heterocycles. The fourth-order valence-electron chi connectivity index (χ4n) is 2.72. The zero-order chi connectivity index (χ0) is 14.5. The second-order valence-corrected chi connectivity index (χ2v) is 5.90. The van der Waals surface area contributed by atoms with E-state index in [1.54, 1.807) is 18.2 Å². The maximum Gasteiger partial charge on any atom is 0.306 e. The van der Waals surface area contributed by atoms with Crippen LogP contribution >= 0.6 is 11.6 Å². The van der Waals surface area contributed by atoms with E-state index in [-0.39, 0.29) is 11.7 Å². The quantitative estimate of drug-likeness (QED) is 0.781. The summed E-state index contributed by atoms with van der Waals surface area (Å²) >= 11 is 5.90. The van der Waals surface area contributed by atoms with E-state index in [1.165, 1.54) is 0 Å². The largest absolute Gasteiger partial charge is 0.508 e. The van der Waals surface area contributed by atoms with Gasteiger partial charge < -0.3 is 15.5 Å². The third kappa shape index (κ3) is 4.12. The Labute approximate surface area is 123 Å². The summed E-state index contributed by atoms with van der Waals surface area (Å²) in [5, 5.41) is 22.6. The lowest BCUT2D eigenvalue weighted by Gasteiger charge is -2.26. The summed E-state index contributed by atoms with van der Waals surface area (Å²) in [6.07, 6.45) is 3.44. The van der Waals surface area contributed by atoms with Crippen LogP contribution in [0.4, 0.5) is 0 Å². The zero-order valence-corrected chi connectivity index (χ0v) is 12.1. The van der Waals surface area contributed by atoms with Gasteiger partial charge in [0.05, 0.1) is 5.92 Å². The Balaban J connectivity index is 1.74. The summed E-state index contributed by atoms with van der Waals surface area (Å²) in [5.74, 6) is -0.0631. The van der Waals surface area contributed by atoms with E-state index < -0.39 is 5.97 Å². The van der Waals surface area contributed by atoms with Gasteiger partial charge in [0.2, 0.25) is 0 Å². The number of halogens is 1. The molecule has 1 aliphatic rings. The fraction of sp³-hybridized carbons (Fsp3) is 0.533. The molecule has 0 aromatic heterocycles. The summed E-state index contributed by atoms with van der Waals surface area (Å²) < 4.78 is 0. The molecule has 0 heterocycles. The third-order valence-electron chi connectivity index (χ3n) is 3.99. The second kappa shape index (κ2) is 6.95. The van der Waals surface area contributed by atoms with E-state index in [1.807, 2.05) is 0 Å². The highest BCUT2D eigenvalue weighted by atomic mass is 35.5. The first-order valence-corrected chi connectivity index (χ1v) is 7.35. The minimum atomic E-state index is -0.666. The molecule has 0 spiro atoms. The van der Waals surface area contributed by atoms with E-state index >= 15 is 0 Å². The minimum absolute atomic E-state index is 0.164. The number of carbonyl (C=O) groups is 1. The van der Waals surface area contributed by atoms with Crippen LogP contribution < -0.4 is 5.32 Å². The smallest absolute Gasteiger partial charge is 0.306 e. The summed E-state index contributed by atoms with van der Waals surface area (Å²) in [7, 11) is 0. The highest BCUT2D eigenvalue weighted by molar-refractivity contribution is 6.30. The topological polar surface area (TPSA) is 69.6 Å². The molecule has 0 bridgehead atoms. The van der Waals surface area contributed by atoms with Crippen LogP contribution in [0.3, 0.4) is 0 Å². The normalized spacial score (nSPS) is 22.6. The Morgan fingerprint density at radius 1 is 1.30 bits per heavy atom. The van der Waals surface area contributed by atoms with Gasteiger partial charge in [-0.05, 0) is 56.3 Å². The first-order chi connectivity index (χ1) is 9.56. The van der Waals surface area contributed by atoms with E-state index in [9.17, 15) is 9.90 Å². The first kappa shape index (κ1) is 15.1. The van der Waals surface area contributed by atoms with Gasteiger partial charge in [-0.1, -0.05) is 11.6 Å². The van der Waals surface area contributed by atoms with Crippen LogP contribution in [0.15, 0.2) is 18.2 Å². The number of phenols is 1. The monoisotopic (exact) mass is 297 g/mol. The highest BCUT2D eigenvalue weighted by Crippen LogP contribution is 2.28. The van der Waals surface area contributed by atoms with Crippen molar-refractivity contribution in [3.05, 3.63) is 28.8 Å². The van der Waals surface area contributed by atoms with Gasteiger partial charge in [0, 0.05) is 17.1 Å². The van der Waals surface area contributed by atoms with Gasteiger partial charge in [0.1, 0.15) is 5.75 Å². The van der Waals surface area contributed by atoms with Crippen molar-refractivity contribution in [2.24, 2.45) is 11.8 Å². The van der Waals surface area contributed by atoms with Crippen LogP contribution in [0, 0.1) is 11.8 Å². The summed E-state index contributed by atoms with van der Waals surface area (Å²) in [5.41, 5.74) is 0.789. The third-order valence-corrected chi connectivity index (χ3v) is 4.22. The molecule has 20 heavy (non-hydrogen) atoms. The van der Waals surface area contributed by atoms with Crippen molar-refractivity contribution in [3.8, 4) is 5.75 Å². The van der Waals surface area contributed by atoms with Crippen molar-refractivity contribution in [3.63, 3.8) is 0 Å². The molecule has 0 saturated heterocycles. The van der Waals surface area contributed by atoms with Gasteiger partial charge in [-0.15, -0.1) is 0 Å². The van der Waals surface area contributed by atoms with Crippen molar-refractivity contribution >= 4 is 17.6 Å². The second-order valence-electron chi connectivity index (χ2n) is 5.46. The number of nitrogens with one attached hydrogen (secondary N) is 1. The lowest BCUT2D eigenvalue weighted by molar-refractivity contribution is -0.143. The summed E-state index contributed by atoms with van der Waals surface area (Å²) in [4.78, 5) is 10.9. The van der Waals surface area contributed by atoms with Crippen molar-refractivity contribution < 1.29 is 15.0 Å². The number of rotatable bonds is 5. The van der Waals surface area contributed by atoms with Crippen LogP contribution in [0.2, 0.25) is 5.02 Å². The molecule has 1 aromatic carbocycles. The van der Waals surface area contributed by atoms with Gasteiger partial charge >= 0.3 is 5.97 Å². The molecular formula is C15H20ClNO3. The first-order valence-electron chi connectivity index (χ1n) is 6.97. The number of aromatic hydroxyl groups is 1. The lowest BCUT2D eigenvalue weighted by Crippen LogP contribution is -2.28. The highest BCUT2D eigenvalue weighted by Gasteiger charge is 2.25. The molecular weight excluding hydrogens is 278 g/mol. The number of carboxylic acid groups (broad SMARTS) is 1. The Morgan fingerprint density at radius 3 is 2.65 bits per heavy atom. The predicted octanol–water partition coefficient (Wildman–Crippen LogP) is 3.03. The van der Waals surface area contributed by atoms with Crippen molar-refractivity contribution in [1.29, 1.82) is 0 Å². The lowest BCUT2D eigenvalue weighted by atomic mass is 9.82. The van der Waals surface area contributed by atoms with Crippen molar-refractivity contribution in [1.82, 2.24) is 5.32 Å². The van der Waals surface area contributed by atoms with E-state index in [4.69, 9.17) is 16.7 Å². The van der Waals surface area contributed by atoms with Crippen LogP contribution in [-0.4, -0.2) is 22.7 Å². The number of benzene rings is 1. The van der Waals surface area contributed by atoms with Gasteiger partial charge in [-0.3, -0.25) is 4.79 Å². The minimum Gasteiger partial charge on any atom is -0.508 e. The average Bonchev–Trinajstić information content (AvgIpc) is 2.43. The van der Waals surface area contributed by atoms with Crippen LogP contribution in [0.25, 0.3) is 0 Å². The fourth-order valence-corrected chi connectivity index (χ4v) is 2.91. The van der Waals surface area contributed by atoms with Crippen molar-refractivity contribution in [2.75, 3.05) is 6.54 Å². The van der Waals surface area contributed by atoms with E-state index in [0.29, 0.717) is 17.5 Å². The number of hydrogen-bond acceptors (Lipinski definition) is 3. The molecule has 3 N–H and O–H groups in total. The van der Waals surface area contributed by atoms with Gasteiger partial charge in [-0.25, -0.2) is 0 Å². The Morgan fingerprint density at radius 2 is 2.00 bits per heavy atom.